The van der Waals surface area contributed by atoms with Crippen LogP contribution in [0.3, 0.4) is 0 Å². The van der Waals surface area contributed by atoms with E-state index in [2.05, 4.69) is 4.90 Å². The minimum absolute atomic E-state index is 0.00770. The van der Waals surface area contributed by atoms with Gasteiger partial charge >= 0.3 is 5.97 Å². The second kappa shape index (κ2) is 8.14. The van der Waals surface area contributed by atoms with Crippen LogP contribution in [0.4, 0.5) is 5.13 Å². The van der Waals surface area contributed by atoms with E-state index in [4.69, 9.17) is 26.4 Å². The molecule has 1 aromatic heterocycles. The Morgan fingerprint density at radius 3 is 3.08 bits per heavy atom. The Hall–Kier alpha value is -1.67. The van der Waals surface area contributed by atoms with Crippen molar-refractivity contribution in [1.82, 2.24) is 9.88 Å². The Labute approximate surface area is 155 Å². The van der Waals surface area contributed by atoms with E-state index in [1.165, 1.54) is 0 Å². The third kappa shape index (κ3) is 4.70. The van der Waals surface area contributed by atoms with Crippen LogP contribution < -0.4 is 4.90 Å². The first-order chi connectivity index (χ1) is 12.0. The fourth-order valence-corrected chi connectivity index (χ4v) is 3.94. The highest BCUT2D eigenvalue weighted by Gasteiger charge is 2.24. The molecule has 1 aromatic carbocycles. The van der Waals surface area contributed by atoms with Gasteiger partial charge in [-0.15, -0.1) is 11.3 Å². The number of morpholine rings is 1. The van der Waals surface area contributed by atoms with Gasteiger partial charge < -0.3 is 14.7 Å². The number of aliphatic carboxylic acids is 1. The van der Waals surface area contributed by atoms with Crippen LogP contribution in [0.5, 0.6) is 0 Å². The molecule has 0 radical (unpaired) electrons. The number of carbonyl (C=O) groups is 1. The van der Waals surface area contributed by atoms with Gasteiger partial charge in [0, 0.05) is 35.6 Å². The number of aromatic nitrogens is 1. The van der Waals surface area contributed by atoms with E-state index in [1.807, 2.05) is 29.6 Å². The molecule has 1 unspecified atom stereocenters. The highest BCUT2D eigenvalue weighted by Crippen LogP contribution is 2.32. The molecular formula is C17H20ClN3O3S. The summed E-state index contributed by atoms with van der Waals surface area (Å²) in [5.41, 5.74) is 1.80. The number of nitrogens with zero attached hydrogens (tertiary/aromatic N) is 3. The summed E-state index contributed by atoms with van der Waals surface area (Å²) in [4.78, 5) is 19.5. The van der Waals surface area contributed by atoms with Crippen molar-refractivity contribution in [3.05, 3.63) is 34.7 Å². The molecule has 0 aliphatic carbocycles. The largest absolute Gasteiger partial charge is 0.480 e. The van der Waals surface area contributed by atoms with Crippen LogP contribution in [0.2, 0.25) is 5.02 Å². The third-order valence-electron chi connectivity index (χ3n) is 3.97. The van der Waals surface area contributed by atoms with Crippen molar-refractivity contribution in [3.8, 4) is 11.3 Å². The van der Waals surface area contributed by atoms with E-state index in [0.717, 1.165) is 22.9 Å². The number of likely N-dealkylation sites (N-methyl/N-ethyl adjacent to an activating group) is 1. The maximum atomic E-state index is 10.8. The van der Waals surface area contributed by atoms with Gasteiger partial charge in [-0.25, -0.2) is 4.98 Å². The lowest BCUT2D eigenvalue weighted by Gasteiger charge is -2.34. The molecule has 1 N–H and O–H groups in total. The van der Waals surface area contributed by atoms with Crippen LogP contribution in [0.1, 0.15) is 0 Å². The van der Waals surface area contributed by atoms with Gasteiger partial charge in [-0.3, -0.25) is 9.69 Å². The normalized spacial score (nSPS) is 17.9. The lowest BCUT2D eigenvalue weighted by Crippen LogP contribution is -2.47. The molecule has 25 heavy (non-hydrogen) atoms. The third-order valence-corrected chi connectivity index (χ3v) is 5.20. The van der Waals surface area contributed by atoms with Gasteiger partial charge in [0.2, 0.25) is 0 Å². The fraction of sp³-hybridized carbons (Fsp3) is 0.412. The summed E-state index contributed by atoms with van der Waals surface area (Å²) < 4.78 is 5.77. The van der Waals surface area contributed by atoms with Gasteiger partial charge in [-0.1, -0.05) is 29.8 Å². The van der Waals surface area contributed by atoms with Gasteiger partial charge in [0.1, 0.15) is 0 Å². The van der Waals surface area contributed by atoms with Crippen LogP contribution in [0, 0.1) is 0 Å². The number of anilines is 1. The summed E-state index contributed by atoms with van der Waals surface area (Å²) in [6.45, 7) is 2.65. The van der Waals surface area contributed by atoms with Crippen molar-refractivity contribution in [2.45, 2.75) is 6.10 Å². The molecule has 1 aliphatic rings. The van der Waals surface area contributed by atoms with Crippen LogP contribution in [-0.2, 0) is 9.53 Å². The zero-order chi connectivity index (χ0) is 17.8. The van der Waals surface area contributed by atoms with E-state index < -0.39 is 5.97 Å². The number of hydrogen-bond donors (Lipinski definition) is 1. The minimum Gasteiger partial charge on any atom is -0.480 e. The molecule has 2 heterocycles. The van der Waals surface area contributed by atoms with Gasteiger partial charge in [0.05, 0.1) is 24.9 Å². The molecule has 3 rings (SSSR count). The summed E-state index contributed by atoms with van der Waals surface area (Å²) in [5, 5.41) is 12.5. The number of carboxylic acids is 1. The summed E-state index contributed by atoms with van der Waals surface area (Å²) in [7, 11) is 1.79. The van der Waals surface area contributed by atoms with Crippen molar-refractivity contribution in [1.29, 1.82) is 0 Å². The molecular weight excluding hydrogens is 362 g/mol. The topological polar surface area (TPSA) is 65.9 Å². The molecule has 1 aliphatic heterocycles. The minimum atomic E-state index is -0.834. The molecule has 1 atom stereocenters. The standard InChI is InChI=1S/C17H20ClN3O3S/c1-20(10-16(22)23)8-12-9-21(6-7-24-12)17-19-15(11-25-17)13-4-2-3-5-14(13)18/h2-5,11-12H,6-10H2,1H3,(H,22,23). The zero-order valence-electron chi connectivity index (χ0n) is 13.9. The Morgan fingerprint density at radius 2 is 2.32 bits per heavy atom. The predicted molar refractivity (Wildman–Crippen MR) is 99.6 cm³/mol. The molecule has 0 bridgehead atoms. The molecule has 1 saturated heterocycles. The maximum absolute atomic E-state index is 10.8. The van der Waals surface area contributed by atoms with Crippen LogP contribution in [0.15, 0.2) is 29.6 Å². The fourth-order valence-electron chi connectivity index (χ4n) is 2.85. The van der Waals surface area contributed by atoms with E-state index in [9.17, 15) is 4.79 Å². The van der Waals surface area contributed by atoms with Crippen molar-refractivity contribution < 1.29 is 14.6 Å². The van der Waals surface area contributed by atoms with Crippen molar-refractivity contribution in [2.24, 2.45) is 0 Å². The predicted octanol–water partition coefficient (Wildman–Crippen LogP) is 2.69. The highest BCUT2D eigenvalue weighted by atomic mass is 35.5. The van der Waals surface area contributed by atoms with E-state index >= 15 is 0 Å². The molecule has 0 amide bonds. The van der Waals surface area contributed by atoms with Crippen molar-refractivity contribution >= 4 is 34.0 Å². The van der Waals surface area contributed by atoms with Gasteiger partial charge in [0.15, 0.2) is 5.13 Å². The number of hydrogen-bond acceptors (Lipinski definition) is 6. The zero-order valence-corrected chi connectivity index (χ0v) is 15.5. The second-order valence-corrected chi connectivity index (χ2v) is 7.27. The Morgan fingerprint density at radius 1 is 1.52 bits per heavy atom. The van der Waals surface area contributed by atoms with E-state index in [0.29, 0.717) is 24.7 Å². The first kappa shape index (κ1) is 18.1. The van der Waals surface area contributed by atoms with Gasteiger partial charge in [-0.05, 0) is 13.1 Å². The van der Waals surface area contributed by atoms with Crippen LogP contribution >= 0.6 is 22.9 Å². The number of rotatable bonds is 6. The molecule has 134 valence electrons. The average Bonchev–Trinajstić information content (AvgIpc) is 3.04. The van der Waals surface area contributed by atoms with Gasteiger partial charge in [0.25, 0.3) is 0 Å². The van der Waals surface area contributed by atoms with Crippen molar-refractivity contribution in [3.63, 3.8) is 0 Å². The number of ether oxygens (including phenoxy) is 1. The Kier molecular flexibility index (Phi) is 5.90. The number of carboxylic acid groups (broad SMARTS) is 1. The summed E-state index contributed by atoms with van der Waals surface area (Å²) in [6.07, 6.45) is -0.0363. The Bertz CT molecular complexity index is 739. The SMILES string of the molecule is CN(CC(=O)O)CC1CN(c2nc(-c3ccccc3Cl)cs2)CCO1. The van der Waals surface area contributed by atoms with Crippen molar-refractivity contribution in [2.75, 3.05) is 44.7 Å². The van der Waals surface area contributed by atoms with E-state index in [1.54, 1.807) is 23.3 Å². The maximum Gasteiger partial charge on any atom is 0.317 e. The molecule has 2 aromatic rings. The summed E-state index contributed by atoms with van der Waals surface area (Å²) in [6, 6.07) is 7.67. The monoisotopic (exact) mass is 381 g/mol. The van der Waals surface area contributed by atoms with Gasteiger partial charge in [-0.2, -0.15) is 0 Å². The molecule has 0 saturated carbocycles. The lowest BCUT2D eigenvalue weighted by atomic mass is 10.2. The smallest absolute Gasteiger partial charge is 0.317 e. The van der Waals surface area contributed by atoms with Crippen LogP contribution in [0.25, 0.3) is 11.3 Å². The lowest BCUT2D eigenvalue weighted by molar-refractivity contribution is -0.138. The Balaban J connectivity index is 1.66. The molecule has 1 fully saturated rings. The molecule has 6 nitrogen and oxygen atoms in total. The second-order valence-electron chi connectivity index (χ2n) is 6.02. The summed E-state index contributed by atoms with van der Waals surface area (Å²) in [5.74, 6) is -0.834. The highest BCUT2D eigenvalue weighted by molar-refractivity contribution is 7.14. The van der Waals surface area contributed by atoms with Crippen LogP contribution in [-0.4, -0.2) is 66.9 Å². The first-order valence-electron chi connectivity index (χ1n) is 8.00. The first-order valence-corrected chi connectivity index (χ1v) is 9.26. The average molecular weight is 382 g/mol. The number of halogens is 1. The number of benzene rings is 1. The number of thiazole rings is 1. The quantitative estimate of drug-likeness (QED) is 0.829. The van der Waals surface area contributed by atoms with E-state index in [-0.39, 0.29) is 12.6 Å². The molecule has 0 spiro atoms. The summed E-state index contributed by atoms with van der Waals surface area (Å²) >= 11 is 7.84. The molecule has 8 heteroatoms.